The molecule has 128 valence electrons. The summed E-state index contributed by atoms with van der Waals surface area (Å²) in [5, 5.41) is 4.09. The predicted octanol–water partition coefficient (Wildman–Crippen LogP) is 0.986. The van der Waals surface area contributed by atoms with Gasteiger partial charge in [0.25, 0.3) is 5.91 Å². The number of aryl methyl sites for hydroxylation is 1. The SMILES string of the molecule is Cn1nccc1C(=O)N1C[C@@H]2CN(Cc3ccco3)CCO[C@@H]2C1. The van der Waals surface area contributed by atoms with Crippen molar-refractivity contribution in [1.82, 2.24) is 19.6 Å². The number of furan rings is 1. The molecule has 2 atom stereocenters. The Morgan fingerprint density at radius 3 is 3.00 bits per heavy atom. The van der Waals surface area contributed by atoms with E-state index in [1.165, 1.54) is 0 Å². The molecule has 0 saturated carbocycles. The Labute approximate surface area is 140 Å². The lowest BCUT2D eigenvalue weighted by Crippen LogP contribution is -2.34. The van der Waals surface area contributed by atoms with Crippen molar-refractivity contribution >= 4 is 5.91 Å². The summed E-state index contributed by atoms with van der Waals surface area (Å²) in [5.41, 5.74) is 0.624. The van der Waals surface area contributed by atoms with Gasteiger partial charge in [-0.2, -0.15) is 5.10 Å². The fourth-order valence-corrected chi connectivity index (χ4v) is 3.64. The van der Waals surface area contributed by atoms with Crippen LogP contribution in [0.4, 0.5) is 0 Å². The first-order valence-corrected chi connectivity index (χ1v) is 8.34. The molecule has 1 amide bonds. The van der Waals surface area contributed by atoms with Crippen LogP contribution in [0.5, 0.6) is 0 Å². The Kier molecular flexibility index (Phi) is 4.12. The summed E-state index contributed by atoms with van der Waals surface area (Å²) >= 11 is 0. The minimum absolute atomic E-state index is 0.0317. The Morgan fingerprint density at radius 2 is 2.25 bits per heavy atom. The third-order valence-corrected chi connectivity index (χ3v) is 4.90. The molecule has 2 fully saturated rings. The van der Waals surface area contributed by atoms with Crippen LogP contribution in [0.1, 0.15) is 16.2 Å². The van der Waals surface area contributed by atoms with Gasteiger partial charge in [-0.15, -0.1) is 0 Å². The van der Waals surface area contributed by atoms with Gasteiger partial charge in [-0.1, -0.05) is 0 Å². The molecule has 0 aromatic carbocycles. The standard InChI is InChI=1S/C17H22N4O3/c1-19-15(4-5-18-19)17(22)21-10-13-9-20(6-8-24-16(13)12-21)11-14-3-2-7-23-14/h2-5,7,13,16H,6,8-12H2,1H3/t13-,16+/m0/s1. The largest absolute Gasteiger partial charge is 0.468 e. The lowest BCUT2D eigenvalue weighted by atomic mass is 10.1. The molecule has 4 rings (SSSR count). The maximum atomic E-state index is 12.7. The molecular weight excluding hydrogens is 308 g/mol. The molecule has 0 N–H and O–H groups in total. The number of rotatable bonds is 3. The van der Waals surface area contributed by atoms with E-state index in [2.05, 4.69) is 10.00 Å². The third kappa shape index (κ3) is 2.97. The van der Waals surface area contributed by atoms with Gasteiger partial charge in [0.2, 0.25) is 0 Å². The Bertz CT molecular complexity index is 697. The van der Waals surface area contributed by atoms with Crippen LogP contribution < -0.4 is 0 Å². The Morgan fingerprint density at radius 1 is 1.33 bits per heavy atom. The van der Waals surface area contributed by atoms with Crippen LogP contribution in [0.15, 0.2) is 35.1 Å². The number of amides is 1. The highest BCUT2D eigenvalue weighted by molar-refractivity contribution is 5.92. The van der Waals surface area contributed by atoms with E-state index in [9.17, 15) is 4.79 Å². The van der Waals surface area contributed by atoms with E-state index in [-0.39, 0.29) is 12.0 Å². The van der Waals surface area contributed by atoms with Crippen LogP contribution >= 0.6 is 0 Å². The first-order valence-electron chi connectivity index (χ1n) is 8.34. The molecule has 0 bridgehead atoms. The highest BCUT2D eigenvalue weighted by Gasteiger charge is 2.39. The molecule has 2 aliphatic rings. The van der Waals surface area contributed by atoms with Crippen LogP contribution in [0.25, 0.3) is 0 Å². The predicted molar refractivity (Wildman–Crippen MR) is 86.3 cm³/mol. The van der Waals surface area contributed by atoms with Crippen LogP contribution in [0.3, 0.4) is 0 Å². The summed E-state index contributed by atoms with van der Waals surface area (Å²) in [6.45, 7) is 4.67. The van der Waals surface area contributed by atoms with Crippen molar-refractivity contribution in [3.05, 3.63) is 42.1 Å². The molecule has 0 unspecified atom stereocenters. The zero-order valence-corrected chi connectivity index (χ0v) is 13.8. The quantitative estimate of drug-likeness (QED) is 0.840. The second kappa shape index (κ2) is 6.41. The van der Waals surface area contributed by atoms with E-state index in [0.717, 1.165) is 31.9 Å². The van der Waals surface area contributed by atoms with Crippen molar-refractivity contribution in [2.24, 2.45) is 13.0 Å². The number of nitrogens with zero attached hydrogens (tertiary/aromatic N) is 4. The van der Waals surface area contributed by atoms with Crippen LogP contribution in [-0.2, 0) is 18.3 Å². The average molecular weight is 330 g/mol. The Balaban J connectivity index is 1.42. The number of ether oxygens (including phenoxy) is 1. The number of carbonyl (C=O) groups excluding carboxylic acids is 1. The van der Waals surface area contributed by atoms with Crippen molar-refractivity contribution in [3.8, 4) is 0 Å². The number of hydrogen-bond donors (Lipinski definition) is 0. The zero-order valence-electron chi connectivity index (χ0n) is 13.8. The molecule has 7 nitrogen and oxygen atoms in total. The molecule has 2 aromatic rings. The van der Waals surface area contributed by atoms with Gasteiger partial charge < -0.3 is 14.1 Å². The summed E-state index contributed by atoms with van der Waals surface area (Å²) in [5.74, 6) is 1.33. The molecular formula is C17H22N4O3. The zero-order chi connectivity index (χ0) is 16.5. The molecule has 0 radical (unpaired) electrons. The summed E-state index contributed by atoms with van der Waals surface area (Å²) in [4.78, 5) is 16.9. The van der Waals surface area contributed by atoms with E-state index in [4.69, 9.17) is 9.15 Å². The molecule has 2 aromatic heterocycles. The van der Waals surface area contributed by atoms with Crippen molar-refractivity contribution in [1.29, 1.82) is 0 Å². The van der Waals surface area contributed by atoms with E-state index >= 15 is 0 Å². The fraction of sp³-hybridized carbons (Fsp3) is 0.529. The molecule has 0 aliphatic carbocycles. The number of aromatic nitrogens is 2. The van der Waals surface area contributed by atoms with Crippen LogP contribution in [0.2, 0.25) is 0 Å². The van der Waals surface area contributed by atoms with Gasteiger partial charge in [0, 0.05) is 45.3 Å². The fourth-order valence-electron chi connectivity index (χ4n) is 3.64. The monoisotopic (exact) mass is 330 g/mol. The lowest BCUT2D eigenvalue weighted by Gasteiger charge is -2.22. The van der Waals surface area contributed by atoms with Crippen LogP contribution in [0, 0.1) is 5.92 Å². The summed E-state index contributed by atoms with van der Waals surface area (Å²) in [6.07, 6.45) is 3.48. The molecule has 2 saturated heterocycles. The second-order valence-corrected chi connectivity index (χ2v) is 6.53. The third-order valence-electron chi connectivity index (χ3n) is 4.90. The number of carbonyl (C=O) groups is 1. The molecule has 4 heterocycles. The smallest absolute Gasteiger partial charge is 0.272 e. The Hall–Kier alpha value is -2.12. The maximum Gasteiger partial charge on any atom is 0.272 e. The topological polar surface area (TPSA) is 63.7 Å². The number of likely N-dealkylation sites (tertiary alicyclic amines) is 1. The normalized spacial score (nSPS) is 24.8. The summed E-state index contributed by atoms with van der Waals surface area (Å²) in [6, 6.07) is 5.67. The first kappa shape index (κ1) is 15.4. The second-order valence-electron chi connectivity index (χ2n) is 6.53. The average Bonchev–Trinajstić information content (AvgIpc) is 3.28. The molecule has 7 heteroatoms. The van der Waals surface area contributed by atoms with E-state index < -0.39 is 0 Å². The highest BCUT2D eigenvalue weighted by Crippen LogP contribution is 2.25. The van der Waals surface area contributed by atoms with Gasteiger partial charge in [0.15, 0.2) is 0 Å². The summed E-state index contributed by atoms with van der Waals surface area (Å²) < 4.78 is 13.1. The van der Waals surface area contributed by atoms with Gasteiger partial charge in [-0.25, -0.2) is 0 Å². The van der Waals surface area contributed by atoms with E-state index in [0.29, 0.717) is 24.8 Å². The molecule has 2 aliphatic heterocycles. The van der Waals surface area contributed by atoms with Crippen LogP contribution in [-0.4, -0.2) is 64.4 Å². The minimum atomic E-state index is 0.0317. The van der Waals surface area contributed by atoms with E-state index in [1.54, 1.807) is 30.3 Å². The van der Waals surface area contributed by atoms with Gasteiger partial charge in [-0.3, -0.25) is 14.4 Å². The first-order chi connectivity index (χ1) is 11.7. The molecule has 0 spiro atoms. The summed E-state index contributed by atoms with van der Waals surface area (Å²) in [7, 11) is 1.79. The van der Waals surface area contributed by atoms with Gasteiger partial charge in [0.05, 0.1) is 25.5 Å². The highest BCUT2D eigenvalue weighted by atomic mass is 16.5. The maximum absolute atomic E-state index is 12.7. The van der Waals surface area contributed by atoms with Crippen molar-refractivity contribution in [3.63, 3.8) is 0 Å². The van der Waals surface area contributed by atoms with Gasteiger partial charge in [0.1, 0.15) is 11.5 Å². The van der Waals surface area contributed by atoms with E-state index in [1.807, 2.05) is 17.0 Å². The number of hydrogen-bond acceptors (Lipinski definition) is 5. The minimum Gasteiger partial charge on any atom is -0.468 e. The lowest BCUT2D eigenvalue weighted by molar-refractivity contribution is 0.0480. The van der Waals surface area contributed by atoms with Gasteiger partial charge >= 0.3 is 0 Å². The molecule has 24 heavy (non-hydrogen) atoms. The number of fused-ring (bicyclic) bond motifs is 1. The van der Waals surface area contributed by atoms with Gasteiger partial charge in [-0.05, 0) is 18.2 Å². The van der Waals surface area contributed by atoms with Crippen molar-refractivity contribution in [2.45, 2.75) is 12.6 Å². The van der Waals surface area contributed by atoms with Crippen molar-refractivity contribution in [2.75, 3.05) is 32.8 Å². The van der Waals surface area contributed by atoms with Crippen molar-refractivity contribution < 1.29 is 13.9 Å².